The molecule has 0 radical (unpaired) electrons. The fraction of sp³-hybridized carbons (Fsp3) is 0.133. The molecule has 0 atom stereocenters. The molecule has 0 amide bonds. The topological polar surface area (TPSA) is 43.8 Å². The Kier molecular flexibility index (Phi) is 3.66. The van der Waals surface area contributed by atoms with E-state index in [0.29, 0.717) is 23.1 Å². The quantitative estimate of drug-likeness (QED) is 0.798. The van der Waals surface area contributed by atoms with Crippen LogP contribution in [0.15, 0.2) is 42.5 Å². The summed E-state index contributed by atoms with van der Waals surface area (Å²) < 4.78 is 1.91. The number of hydrogen-bond donors (Lipinski definition) is 1. The zero-order valence-electron chi connectivity index (χ0n) is 10.7. The van der Waals surface area contributed by atoms with Crippen LogP contribution in [-0.4, -0.2) is 9.78 Å². The summed E-state index contributed by atoms with van der Waals surface area (Å²) in [6.07, 6.45) is 0. The minimum Gasteiger partial charge on any atom is -0.325 e. The Hall–Kier alpha value is -1.55. The van der Waals surface area contributed by atoms with Crippen LogP contribution in [0.5, 0.6) is 0 Å². The van der Waals surface area contributed by atoms with Gasteiger partial charge in [0.1, 0.15) is 0 Å². The van der Waals surface area contributed by atoms with Gasteiger partial charge in [-0.2, -0.15) is 5.10 Å². The number of nitrogens with two attached hydrogens (primary N) is 1. The lowest BCUT2D eigenvalue weighted by atomic mass is 10.2. The SMILES string of the molecule is NCc1nn(Cc2cc(Cl)ccc2Cl)c2ccccc12. The fourth-order valence-electron chi connectivity index (χ4n) is 2.29. The summed E-state index contributed by atoms with van der Waals surface area (Å²) in [7, 11) is 0. The van der Waals surface area contributed by atoms with Crippen molar-refractivity contribution in [3.8, 4) is 0 Å². The maximum Gasteiger partial charge on any atom is 0.0839 e. The standard InChI is InChI=1S/C15H13Cl2N3/c16-11-5-6-13(17)10(7-11)9-20-15-4-2-1-3-12(15)14(8-18)19-20/h1-7H,8-9,18H2. The highest BCUT2D eigenvalue weighted by molar-refractivity contribution is 6.33. The fourth-order valence-corrected chi connectivity index (χ4v) is 2.67. The van der Waals surface area contributed by atoms with E-state index in [9.17, 15) is 0 Å². The van der Waals surface area contributed by atoms with Crippen molar-refractivity contribution in [1.29, 1.82) is 0 Å². The first-order valence-corrected chi connectivity index (χ1v) is 7.03. The van der Waals surface area contributed by atoms with E-state index in [1.165, 1.54) is 0 Å². The van der Waals surface area contributed by atoms with E-state index >= 15 is 0 Å². The van der Waals surface area contributed by atoms with Crippen LogP contribution in [0.25, 0.3) is 10.9 Å². The molecule has 102 valence electrons. The van der Waals surface area contributed by atoms with Crippen molar-refractivity contribution < 1.29 is 0 Å². The number of halogens is 2. The average Bonchev–Trinajstić information content (AvgIpc) is 2.81. The van der Waals surface area contributed by atoms with Crippen LogP contribution < -0.4 is 5.73 Å². The Morgan fingerprint density at radius 2 is 1.90 bits per heavy atom. The molecule has 2 aromatic carbocycles. The molecular weight excluding hydrogens is 293 g/mol. The molecule has 3 rings (SSSR count). The highest BCUT2D eigenvalue weighted by Gasteiger charge is 2.10. The Bertz CT molecular complexity index is 765. The highest BCUT2D eigenvalue weighted by Crippen LogP contribution is 2.24. The number of benzene rings is 2. The van der Waals surface area contributed by atoms with Gasteiger partial charge in [-0.1, -0.05) is 41.4 Å². The van der Waals surface area contributed by atoms with Crippen LogP contribution >= 0.6 is 23.2 Å². The summed E-state index contributed by atoms with van der Waals surface area (Å²) in [6, 6.07) is 13.5. The molecule has 0 aliphatic carbocycles. The number of hydrogen-bond acceptors (Lipinski definition) is 2. The van der Waals surface area contributed by atoms with Gasteiger partial charge >= 0.3 is 0 Å². The minimum absolute atomic E-state index is 0.413. The zero-order chi connectivity index (χ0) is 14.1. The smallest absolute Gasteiger partial charge is 0.0839 e. The Labute approximate surface area is 126 Å². The van der Waals surface area contributed by atoms with Gasteiger partial charge in [-0.15, -0.1) is 0 Å². The number of rotatable bonds is 3. The lowest BCUT2D eigenvalue weighted by molar-refractivity contribution is 0.694. The molecule has 1 heterocycles. The molecule has 0 fully saturated rings. The van der Waals surface area contributed by atoms with Crippen molar-refractivity contribution >= 4 is 34.1 Å². The first-order valence-electron chi connectivity index (χ1n) is 6.27. The van der Waals surface area contributed by atoms with E-state index in [4.69, 9.17) is 28.9 Å². The normalized spacial score (nSPS) is 11.2. The number of para-hydroxylation sites is 1. The van der Waals surface area contributed by atoms with Crippen molar-refractivity contribution in [3.05, 3.63) is 63.8 Å². The van der Waals surface area contributed by atoms with Gasteiger partial charge in [-0.25, -0.2) is 0 Å². The van der Waals surface area contributed by atoms with Crippen molar-refractivity contribution in [2.75, 3.05) is 0 Å². The molecule has 0 unspecified atom stereocenters. The summed E-state index contributed by atoms with van der Waals surface area (Å²) in [4.78, 5) is 0. The van der Waals surface area contributed by atoms with Gasteiger partial charge in [-0.05, 0) is 29.8 Å². The van der Waals surface area contributed by atoms with E-state index in [1.807, 2.05) is 35.0 Å². The number of fused-ring (bicyclic) bond motifs is 1. The molecule has 0 aliphatic heterocycles. The molecule has 5 heteroatoms. The van der Waals surface area contributed by atoms with E-state index in [-0.39, 0.29) is 0 Å². The minimum atomic E-state index is 0.413. The van der Waals surface area contributed by atoms with Gasteiger partial charge in [-0.3, -0.25) is 4.68 Å². The van der Waals surface area contributed by atoms with Crippen molar-refractivity contribution in [3.63, 3.8) is 0 Å². The number of aromatic nitrogens is 2. The monoisotopic (exact) mass is 305 g/mol. The molecule has 20 heavy (non-hydrogen) atoms. The highest BCUT2D eigenvalue weighted by atomic mass is 35.5. The van der Waals surface area contributed by atoms with Crippen LogP contribution in [0.1, 0.15) is 11.3 Å². The molecule has 1 aromatic heterocycles. The third-order valence-corrected chi connectivity index (χ3v) is 3.86. The maximum atomic E-state index is 6.21. The van der Waals surface area contributed by atoms with Gasteiger partial charge in [0.05, 0.1) is 17.8 Å². The van der Waals surface area contributed by atoms with Crippen LogP contribution in [0.3, 0.4) is 0 Å². The number of nitrogens with zero attached hydrogens (tertiary/aromatic N) is 2. The summed E-state index contributed by atoms with van der Waals surface area (Å²) >= 11 is 12.2. The first kappa shape index (κ1) is 13.4. The molecule has 0 saturated carbocycles. The zero-order valence-corrected chi connectivity index (χ0v) is 12.2. The van der Waals surface area contributed by atoms with Crippen molar-refractivity contribution in [2.24, 2.45) is 5.73 Å². The van der Waals surface area contributed by atoms with E-state index in [1.54, 1.807) is 12.1 Å². The van der Waals surface area contributed by atoms with E-state index in [0.717, 1.165) is 22.2 Å². The summed E-state index contributed by atoms with van der Waals surface area (Å²) in [6.45, 7) is 0.983. The molecule has 0 bridgehead atoms. The second-order valence-corrected chi connectivity index (χ2v) is 5.40. The first-order chi connectivity index (χ1) is 9.69. The lowest BCUT2D eigenvalue weighted by Crippen LogP contribution is -2.04. The van der Waals surface area contributed by atoms with Gasteiger partial charge in [0.25, 0.3) is 0 Å². The average molecular weight is 306 g/mol. The van der Waals surface area contributed by atoms with Gasteiger partial charge in [0.2, 0.25) is 0 Å². The molecule has 0 spiro atoms. The van der Waals surface area contributed by atoms with Crippen LogP contribution in [0, 0.1) is 0 Å². The van der Waals surface area contributed by atoms with Gasteiger partial charge < -0.3 is 5.73 Å². The summed E-state index contributed by atoms with van der Waals surface area (Å²) in [5, 5.41) is 6.99. The van der Waals surface area contributed by atoms with Gasteiger partial charge in [0.15, 0.2) is 0 Å². The van der Waals surface area contributed by atoms with E-state index in [2.05, 4.69) is 5.10 Å². The third-order valence-electron chi connectivity index (χ3n) is 3.26. The van der Waals surface area contributed by atoms with Crippen LogP contribution in [0.2, 0.25) is 10.0 Å². The summed E-state index contributed by atoms with van der Waals surface area (Å²) in [5.41, 5.74) is 8.63. The summed E-state index contributed by atoms with van der Waals surface area (Å²) in [5.74, 6) is 0. The molecule has 3 aromatic rings. The Balaban J connectivity index is 2.09. The molecule has 2 N–H and O–H groups in total. The Morgan fingerprint density at radius 3 is 2.70 bits per heavy atom. The predicted octanol–water partition coefficient (Wildman–Crippen LogP) is 3.85. The molecule has 3 nitrogen and oxygen atoms in total. The second kappa shape index (κ2) is 5.44. The van der Waals surface area contributed by atoms with Crippen molar-refractivity contribution in [2.45, 2.75) is 13.1 Å². The van der Waals surface area contributed by atoms with Crippen molar-refractivity contribution in [1.82, 2.24) is 9.78 Å². The third kappa shape index (κ3) is 2.40. The van der Waals surface area contributed by atoms with Gasteiger partial charge in [0, 0.05) is 22.0 Å². The van der Waals surface area contributed by atoms with Crippen LogP contribution in [-0.2, 0) is 13.1 Å². The second-order valence-electron chi connectivity index (χ2n) is 4.56. The largest absolute Gasteiger partial charge is 0.325 e. The lowest BCUT2D eigenvalue weighted by Gasteiger charge is -2.06. The Morgan fingerprint density at radius 1 is 1.10 bits per heavy atom. The molecule has 0 aliphatic rings. The molecule has 0 saturated heterocycles. The predicted molar refractivity (Wildman–Crippen MR) is 83.2 cm³/mol. The maximum absolute atomic E-state index is 6.21. The van der Waals surface area contributed by atoms with Crippen LogP contribution in [0.4, 0.5) is 0 Å². The van der Waals surface area contributed by atoms with E-state index < -0.39 is 0 Å². The molecular formula is C15H13Cl2N3.